The zero-order valence-corrected chi connectivity index (χ0v) is 14.4. The minimum Gasteiger partial charge on any atom is -0.487 e. The molecule has 0 aliphatic heterocycles. The Hall–Kier alpha value is -2.66. The number of nitrogens with one attached hydrogen (secondary N) is 1. The largest absolute Gasteiger partial charge is 0.487 e. The standard InChI is InChI=1S/C19H18N2O2S/c1-13-4-3-5-16(10-13)21-19(22)15-6-8-18(9-7-15)23-11-17-12-24-14(2)20-17/h3-10,12H,11H2,1-2H3,(H,21,22). The molecule has 3 rings (SSSR count). The molecule has 0 atom stereocenters. The quantitative estimate of drug-likeness (QED) is 0.740. The number of hydrogen-bond donors (Lipinski definition) is 1. The van der Waals surface area contributed by atoms with Crippen molar-refractivity contribution in [2.45, 2.75) is 20.5 Å². The van der Waals surface area contributed by atoms with Crippen molar-refractivity contribution >= 4 is 22.9 Å². The second kappa shape index (κ2) is 7.27. The average Bonchev–Trinajstić information content (AvgIpc) is 2.99. The van der Waals surface area contributed by atoms with Crippen LogP contribution in [0.1, 0.15) is 26.6 Å². The molecule has 3 aromatic rings. The molecule has 0 aliphatic carbocycles. The Balaban J connectivity index is 1.60. The smallest absolute Gasteiger partial charge is 0.255 e. The predicted molar refractivity (Wildman–Crippen MR) is 96.8 cm³/mol. The van der Waals surface area contributed by atoms with E-state index < -0.39 is 0 Å². The highest BCUT2D eigenvalue weighted by atomic mass is 32.1. The minimum atomic E-state index is -0.137. The topological polar surface area (TPSA) is 51.2 Å². The third kappa shape index (κ3) is 4.20. The predicted octanol–water partition coefficient (Wildman–Crippen LogP) is 4.59. The Bertz CT molecular complexity index is 841. The van der Waals surface area contributed by atoms with E-state index in [0.717, 1.165) is 22.0 Å². The van der Waals surface area contributed by atoms with Crippen LogP contribution in [-0.4, -0.2) is 10.9 Å². The van der Waals surface area contributed by atoms with Gasteiger partial charge in [-0.1, -0.05) is 12.1 Å². The molecule has 2 aromatic carbocycles. The fourth-order valence-electron chi connectivity index (χ4n) is 2.26. The van der Waals surface area contributed by atoms with Gasteiger partial charge in [0.05, 0.1) is 10.7 Å². The zero-order valence-electron chi connectivity index (χ0n) is 13.6. The van der Waals surface area contributed by atoms with Gasteiger partial charge in [-0.3, -0.25) is 4.79 Å². The molecule has 0 saturated carbocycles. The van der Waals surface area contributed by atoms with Crippen molar-refractivity contribution in [3.05, 3.63) is 75.7 Å². The maximum atomic E-state index is 12.3. The number of aromatic nitrogens is 1. The van der Waals surface area contributed by atoms with E-state index in [2.05, 4.69) is 10.3 Å². The Morgan fingerprint density at radius 3 is 2.62 bits per heavy atom. The van der Waals surface area contributed by atoms with Crippen molar-refractivity contribution in [3.8, 4) is 5.75 Å². The van der Waals surface area contributed by atoms with Crippen molar-refractivity contribution in [1.29, 1.82) is 0 Å². The number of aryl methyl sites for hydroxylation is 2. The molecule has 0 radical (unpaired) electrons. The van der Waals surface area contributed by atoms with Crippen LogP contribution in [0.2, 0.25) is 0 Å². The number of ether oxygens (including phenoxy) is 1. The van der Waals surface area contributed by atoms with Gasteiger partial charge in [0, 0.05) is 16.6 Å². The van der Waals surface area contributed by atoms with Gasteiger partial charge in [-0.25, -0.2) is 4.98 Å². The van der Waals surface area contributed by atoms with E-state index in [-0.39, 0.29) is 5.91 Å². The van der Waals surface area contributed by atoms with Crippen LogP contribution in [0.5, 0.6) is 5.75 Å². The number of thiazole rings is 1. The van der Waals surface area contributed by atoms with Crippen molar-refractivity contribution in [1.82, 2.24) is 4.98 Å². The zero-order chi connectivity index (χ0) is 16.9. The number of rotatable bonds is 5. The first-order valence-electron chi connectivity index (χ1n) is 7.62. The van der Waals surface area contributed by atoms with Crippen molar-refractivity contribution in [2.24, 2.45) is 0 Å². The molecule has 0 bridgehead atoms. The Morgan fingerprint density at radius 1 is 1.17 bits per heavy atom. The summed E-state index contributed by atoms with van der Waals surface area (Å²) in [5.41, 5.74) is 3.40. The van der Waals surface area contributed by atoms with Crippen LogP contribution in [0, 0.1) is 13.8 Å². The van der Waals surface area contributed by atoms with E-state index in [1.165, 1.54) is 0 Å². The third-order valence-electron chi connectivity index (χ3n) is 3.45. The van der Waals surface area contributed by atoms with Crippen molar-refractivity contribution in [2.75, 3.05) is 5.32 Å². The molecule has 1 amide bonds. The van der Waals surface area contributed by atoms with E-state index in [0.29, 0.717) is 17.9 Å². The van der Waals surface area contributed by atoms with Crippen LogP contribution in [0.4, 0.5) is 5.69 Å². The number of carbonyl (C=O) groups excluding carboxylic acids is 1. The first-order valence-corrected chi connectivity index (χ1v) is 8.50. The maximum Gasteiger partial charge on any atom is 0.255 e. The number of benzene rings is 2. The third-order valence-corrected chi connectivity index (χ3v) is 4.27. The molecule has 0 aliphatic rings. The second-order valence-corrected chi connectivity index (χ2v) is 6.56. The van der Waals surface area contributed by atoms with Crippen LogP contribution in [0.25, 0.3) is 0 Å². The maximum absolute atomic E-state index is 12.3. The summed E-state index contributed by atoms with van der Waals surface area (Å²) in [7, 11) is 0. The van der Waals surface area contributed by atoms with E-state index >= 15 is 0 Å². The monoisotopic (exact) mass is 338 g/mol. The average molecular weight is 338 g/mol. The van der Waals surface area contributed by atoms with E-state index in [1.54, 1.807) is 35.6 Å². The molecule has 5 heteroatoms. The number of carbonyl (C=O) groups is 1. The van der Waals surface area contributed by atoms with Crippen LogP contribution in [-0.2, 0) is 6.61 Å². The lowest BCUT2D eigenvalue weighted by molar-refractivity contribution is 0.102. The van der Waals surface area contributed by atoms with Gasteiger partial charge < -0.3 is 10.1 Å². The Kier molecular flexibility index (Phi) is 4.91. The van der Waals surface area contributed by atoms with Crippen LogP contribution in [0.3, 0.4) is 0 Å². The first-order chi connectivity index (χ1) is 11.6. The summed E-state index contributed by atoms with van der Waals surface area (Å²) in [4.78, 5) is 16.6. The molecule has 0 fully saturated rings. The van der Waals surface area contributed by atoms with Gasteiger partial charge in [0.25, 0.3) is 5.91 Å². The highest BCUT2D eigenvalue weighted by molar-refractivity contribution is 7.09. The molecular weight excluding hydrogens is 320 g/mol. The molecular formula is C19H18N2O2S. The van der Waals surface area contributed by atoms with Gasteiger partial charge in [-0.2, -0.15) is 0 Å². The Morgan fingerprint density at radius 2 is 1.96 bits per heavy atom. The molecule has 1 aromatic heterocycles. The summed E-state index contributed by atoms with van der Waals surface area (Å²) in [6.07, 6.45) is 0. The number of nitrogens with zero attached hydrogens (tertiary/aromatic N) is 1. The lowest BCUT2D eigenvalue weighted by atomic mass is 10.2. The van der Waals surface area contributed by atoms with Crippen molar-refractivity contribution < 1.29 is 9.53 Å². The van der Waals surface area contributed by atoms with Gasteiger partial charge in [0.2, 0.25) is 0 Å². The van der Waals surface area contributed by atoms with Crippen molar-refractivity contribution in [3.63, 3.8) is 0 Å². The second-order valence-electron chi connectivity index (χ2n) is 5.49. The van der Waals surface area contributed by atoms with Crippen LogP contribution < -0.4 is 10.1 Å². The summed E-state index contributed by atoms with van der Waals surface area (Å²) in [5.74, 6) is 0.579. The summed E-state index contributed by atoms with van der Waals surface area (Å²) in [5, 5.41) is 5.90. The molecule has 0 spiro atoms. The fourth-order valence-corrected chi connectivity index (χ4v) is 2.86. The van der Waals surface area contributed by atoms with E-state index in [1.807, 2.05) is 43.5 Å². The van der Waals surface area contributed by atoms with E-state index in [9.17, 15) is 4.79 Å². The van der Waals surface area contributed by atoms with Gasteiger partial charge in [0.1, 0.15) is 12.4 Å². The van der Waals surface area contributed by atoms with Crippen LogP contribution >= 0.6 is 11.3 Å². The normalized spacial score (nSPS) is 10.4. The molecule has 0 saturated heterocycles. The minimum absolute atomic E-state index is 0.137. The SMILES string of the molecule is Cc1cccc(NC(=O)c2ccc(OCc3csc(C)n3)cc2)c1. The summed E-state index contributed by atoms with van der Waals surface area (Å²) in [6, 6.07) is 14.8. The lowest BCUT2D eigenvalue weighted by Gasteiger charge is -2.08. The van der Waals surface area contributed by atoms with Crippen LogP contribution in [0.15, 0.2) is 53.9 Å². The van der Waals surface area contributed by atoms with Gasteiger partial charge >= 0.3 is 0 Å². The lowest BCUT2D eigenvalue weighted by Crippen LogP contribution is -2.11. The van der Waals surface area contributed by atoms with E-state index in [4.69, 9.17) is 4.74 Å². The molecule has 0 unspecified atom stereocenters. The highest BCUT2D eigenvalue weighted by Crippen LogP contribution is 2.17. The molecule has 24 heavy (non-hydrogen) atoms. The number of hydrogen-bond acceptors (Lipinski definition) is 4. The van der Waals surface area contributed by atoms with Gasteiger partial charge in [0.15, 0.2) is 0 Å². The summed E-state index contributed by atoms with van der Waals surface area (Å²) >= 11 is 1.60. The summed E-state index contributed by atoms with van der Waals surface area (Å²) < 4.78 is 5.69. The van der Waals surface area contributed by atoms with Gasteiger partial charge in [-0.05, 0) is 55.8 Å². The molecule has 122 valence electrons. The summed E-state index contributed by atoms with van der Waals surface area (Å²) in [6.45, 7) is 4.39. The molecule has 1 heterocycles. The van der Waals surface area contributed by atoms with Gasteiger partial charge in [-0.15, -0.1) is 11.3 Å². The Labute approximate surface area is 145 Å². The number of amides is 1. The number of anilines is 1. The first kappa shape index (κ1) is 16.2. The fraction of sp³-hybridized carbons (Fsp3) is 0.158. The highest BCUT2D eigenvalue weighted by Gasteiger charge is 2.07. The molecule has 1 N–H and O–H groups in total. The molecule has 4 nitrogen and oxygen atoms in total.